The van der Waals surface area contributed by atoms with Gasteiger partial charge in [-0.2, -0.15) is 0 Å². The largest absolute Gasteiger partial charge is 0.497 e. The predicted octanol–water partition coefficient (Wildman–Crippen LogP) is 6.41. The van der Waals surface area contributed by atoms with E-state index < -0.39 is 23.0 Å². The number of amides is 3. The Kier molecular flexibility index (Phi) is 12.2. The molecule has 0 aliphatic rings. The number of anilines is 2. The number of hydrogen-bond donors (Lipinski definition) is 3. The number of carbonyl (C=O) groups is 4. The molecule has 11 heteroatoms. The van der Waals surface area contributed by atoms with Crippen LogP contribution in [0.2, 0.25) is 0 Å². The normalized spacial score (nSPS) is 11.5. The average Bonchev–Trinajstić information content (AvgIpc) is 3.10. The first kappa shape index (κ1) is 34.3. The summed E-state index contributed by atoms with van der Waals surface area (Å²) in [7, 11) is 4.31. The van der Waals surface area contributed by atoms with Gasteiger partial charge in [0.2, 0.25) is 5.91 Å². The number of hydrogen-bond acceptors (Lipinski definition) is 8. The molecule has 4 aromatic carbocycles. The molecule has 47 heavy (non-hydrogen) atoms. The third-order valence-electron chi connectivity index (χ3n) is 6.89. The first-order valence-corrected chi connectivity index (χ1v) is 15.5. The van der Waals surface area contributed by atoms with E-state index in [0.717, 1.165) is 4.90 Å². The fraction of sp³-hybridized carbons (Fsp3) is 0.167. The van der Waals surface area contributed by atoms with Crippen molar-refractivity contribution in [3.05, 3.63) is 119 Å². The number of benzene rings is 4. The van der Waals surface area contributed by atoms with Crippen LogP contribution in [-0.4, -0.2) is 50.3 Å². The maximum absolute atomic E-state index is 13.7. The SMILES string of the molecule is CCC(Sc1cccc(NC(=O)/C(=C\c2cc(OC)ccc2OC)NC(=O)c2ccccc2)c1)C(=O)Nc1ccccc1C(=O)OC. The minimum absolute atomic E-state index is 0.0291. The summed E-state index contributed by atoms with van der Waals surface area (Å²) in [5, 5.41) is 7.90. The Balaban J connectivity index is 1.56. The zero-order chi connectivity index (χ0) is 33.8. The molecule has 0 aliphatic carbocycles. The lowest BCUT2D eigenvalue weighted by atomic mass is 10.1. The molecule has 0 bridgehead atoms. The molecule has 1 unspecified atom stereocenters. The molecule has 0 spiro atoms. The highest BCUT2D eigenvalue weighted by atomic mass is 32.2. The van der Waals surface area contributed by atoms with Gasteiger partial charge >= 0.3 is 5.97 Å². The molecule has 0 saturated carbocycles. The fourth-order valence-corrected chi connectivity index (χ4v) is 5.49. The molecule has 0 radical (unpaired) electrons. The molecule has 1 atom stereocenters. The Morgan fingerprint density at radius 1 is 0.809 bits per heavy atom. The van der Waals surface area contributed by atoms with Gasteiger partial charge in [0.15, 0.2) is 0 Å². The van der Waals surface area contributed by atoms with E-state index in [1.807, 2.05) is 13.0 Å². The molecule has 4 rings (SSSR count). The summed E-state index contributed by atoms with van der Waals surface area (Å²) in [6, 6.07) is 27.3. The second kappa shape index (κ2) is 16.7. The molecule has 10 nitrogen and oxygen atoms in total. The Hall–Kier alpha value is -5.55. The van der Waals surface area contributed by atoms with Crippen molar-refractivity contribution in [3.8, 4) is 11.5 Å². The second-order valence-electron chi connectivity index (χ2n) is 10.0. The van der Waals surface area contributed by atoms with Gasteiger partial charge in [0.1, 0.15) is 17.2 Å². The number of carbonyl (C=O) groups excluding carboxylic acids is 4. The number of methoxy groups -OCH3 is 3. The van der Waals surface area contributed by atoms with Crippen LogP contribution in [0.5, 0.6) is 11.5 Å². The van der Waals surface area contributed by atoms with E-state index in [4.69, 9.17) is 14.2 Å². The van der Waals surface area contributed by atoms with Crippen molar-refractivity contribution in [3.63, 3.8) is 0 Å². The van der Waals surface area contributed by atoms with Crippen LogP contribution in [0, 0.1) is 0 Å². The monoisotopic (exact) mass is 653 g/mol. The van der Waals surface area contributed by atoms with Crippen LogP contribution in [0.25, 0.3) is 6.08 Å². The molecule has 0 saturated heterocycles. The summed E-state index contributed by atoms with van der Waals surface area (Å²) in [5.74, 6) is -0.873. The van der Waals surface area contributed by atoms with Gasteiger partial charge in [0.05, 0.1) is 37.8 Å². The molecule has 4 aromatic rings. The summed E-state index contributed by atoms with van der Waals surface area (Å²) >= 11 is 1.31. The van der Waals surface area contributed by atoms with Gasteiger partial charge in [-0.1, -0.05) is 43.3 Å². The third kappa shape index (κ3) is 9.24. The minimum atomic E-state index is -0.578. The highest BCUT2D eigenvalue weighted by molar-refractivity contribution is 8.00. The Morgan fingerprint density at radius 3 is 2.26 bits per heavy atom. The quantitative estimate of drug-likeness (QED) is 0.0857. The molecule has 0 aromatic heterocycles. The zero-order valence-corrected chi connectivity index (χ0v) is 27.2. The van der Waals surface area contributed by atoms with E-state index in [1.165, 1.54) is 39.2 Å². The van der Waals surface area contributed by atoms with Crippen molar-refractivity contribution < 1.29 is 33.4 Å². The van der Waals surface area contributed by atoms with Gasteiger partial charge in [0, 0.05) is 21.7 Å². The Bertz CT molecular complexity index is 1780. The van der Waals surface area contributed by atoms with Gasteiger partial charge in [-0.15, -0.1) is 11.8 Å². The van der Waals surface area contributed by atoms with Gasteiger partial charge in [-0.25, -0.2) is 4.79 Å². The van der Waals surface area contributed by atoms with Crippen molar-refractivity contribution in [2.24, 2.45) is 0 Å². The topological polar surface area (TPSA) is 132 Å². The molecule has 242 valence electrons. The maximum atomic E-state index is 13.7. The second-order valence-corrected chi connectivity index (χ2v) is 11.3. The van der Waals surface area contributed by atoms with Gasteiger partial charge in [-0.3, -0.25) is 14.4 Å². The third-order valence-corrected chi connectivity index (χ3v) is 8.25. The molecule has 3 amide bonds. The average molecular weight is 654 g/mol. The molecule has 0 aliphatic heterocycles. The number of ether oxygens (including phenoxy) is 3. The van der Waals surface area contributed by atoms with Crippen LogP contribution >= 0.6 is 11.8 Å². The molecule has 0 fully saturated rings. The lowest BCUT2D eigenvalue weighted by Gasteiger charge is -2.17. The number of nitrogens with one attached hydrogen (secondary N) is 3. The number of para-hydroxylation sites is 1. The van der Waals surface area contributed by atoms with E-state index in [1.54, 1.807) is 91.0 Å². The van der Waals surface area contributed by atoms with Crippen LogP contribution in [0.1, 0.15) is 39.6 Å². The van der Waals surface area contributed by atoms with E-state index in [-0.39, 0.29) is 17.2 Å². The number of esters is 1. The summed E-state index contributed by atoms with van der Waals surface area (Å²) in [6.07, 6.45) is 2.01. The highest BCUT2D eigenvalue weighted by Crippen LogP contribution is 2.30. The fourth-order valence-electron chi connectivity index (χ4n) is 4.48. The van der Waals surface area contributed by atoms with Gasteiger partial charge in [0.25, 0.3) is 11.8 Å². The predicted molar refractivity (Wildman–Crippen MR) is 183 cm³/mol. The van der Waals surface area contributed by atoms with Crippen molar-refractivity contribution >= 4 is 52.9 Å². The first-order valence-electron chi connectivity index (χ1n) is 14.6. The van der Waals surface area contributed by atoms with Crippen LogP contribution < -0.4 is 25.4 Å². The molecule has 3 N–H and O–H groups in total. The minimum Gasteiger partial charge on any atom is -0.497 e. The van der Waals surface area contributed by atoms with Crippen molar-refractivity contribution in [2.75, 3.05) is 32.0 Å². The van der Waals surface area contributed by atoms with Crippen molar-refractivity contribution in [2.45, 2.75) is 23.5 Å². The van der Waals surface area contributed by atoms with E-state index in [2.05, 4.69) is 16.0 Å². The summed E-state index contributed by atoms with van der Waals surface area (Å²) < 4.78 is 15.7. The van der Waals surface area contributed by atoms with Crippen LogP contribution in [-0.2, 0) is 14.3 Å². The summed E-state index contributed by atoms with van der Waals surface area (Å²) in [6.45, 7) is 1.88. The lowest BCUT2D eigenvalue weighted by Crippen LogP contribution is -2.30. The summed E-state index contributed by atoms with van der Waals surface area (Å²) in [4.78, 5) is 52.9. The Morgan fingerprint density at radius 2 is 1.55 bits per heavy atom. The van der Waals surface area contributed by atoms with Gasteiger partial charge in [-0.05, 0) is 73.2 Å². The van der Waals surface area contributed by atoms with E-state index >= 15 is 0 Å². The Labute approximate surface area is 277 Å². The highest BCUT2D eigenvalue weighted by Gasteiger charge is 2.22. The van der Waals surface area contributed by atoms with E-state index in [9.17, 15) is 19.2 Å². The van der Waals surface area contributed by atoms with Crippen LogP contribution in [0.3, 0.4) is 0 Å². The lowest BCUT2D eigenvalue weighted by molar-refractivity contribution is -0.116. The van der Waals surface area contributed by atoms with Crippen LogP contribution in [0.4, 0.5) is 11.4 Å². The van der Waals surface area contributed by atoms with Gasteiger partial charge < -0.3 is 30.2 Å². The van der Waals surface area contributed by atoms with Crippen molar-refractivity contribution in [1.82, 2.24) is 5.32 Å². The summed E-state index contributed by atoms with van der Waals surface area (Å²) in [5.41, 5.74) is 1.92. The van der Waals surface area contributed by atoms with Crippen LogP contribution in [0.15, 0.2) is 108 Å². The molecule has 0 heterocycles. The standard InChI is InChI=1S/C36H35N3O7S/c1-5-32(35(42)38-29-17-10-9-16-28(29)36(43)46-4)47-27-15-11-14-25(22-27)37-34(41)30(39-33(40)23-12-7-6-8-13-23)21-24-20-26(44-2)18-19-31(24)45-3/h6-22,32H,5H2,1-4H3,(H,37,41)(H,38,42)(H,39,40)/b30-21+. The number of rotatable bonds is 13. The maximum Gasteiger partial charge on any atom is 0.339 e. The smallest absolute Gasteiger partial charge is 0.339 e. The first-order chi connectivity index (χ1) is 22.8. The zero-order valence-electron chi connectivity index (χ0n) is 26.4. The van der Waals surface area contributed by atoms with Crippen molar-refractivity contribution in [1.29, 1.82) is 0 Å². The molecular formula is C36H35N3O7S. The molecular weight excluding hydrogens is 618 g/mol. The van der Waals surface area contributed by atoms with E-state index in [0.29, 0.717) is 40.4 Å². The number of thioether (sulfide) groups is 1.